The Morgan fingerprint density at radius 1 is 1.00 bits per heavy atom. The second-order valence-corrected chi connectivity index (χ2v) is 6.36. The van der Waals surface area contributed by atoms with Crippen molar-refractivity contribution in [3.05, 3.63) is 46.9 Å². The smallest absolute Gasteiger partial charge is 0.242 e. The van der Waals surface area contributed by atoms with Gasteiger partial charge in [0.2, 0.25) is 5.91 Å². The molecule has 0 radical (unpaired) electrons. The van der Waals surface area contributed by atoms with Crippen LogP contribution in [0.5, 0.6) is 0 Å². The summed E-state index contributed by atoms with van der Waals surface area (Å²) in [7, 11) is 0. The molecule has 0 atom stereocenters. The maximum atomic E-state index is 12.2. The number of hydrogen-bond acceptors (Lipinski definition) is 4. The van der Waals surface area contributed by atoms with Gasteiger partial charge in [-0.2, -0.15) is 0 Å². The van der Waals surface area contributed by atoms with Gasteiger partial charge in [0.25, 0.3) is 0 Å². The minimum absolute atomic E-state index is 0.139. The summed E-state index contributed by atoms with van der Waals surface area (Å²) in [5, 5.41) is 1.92. The van der Waals surface area contributed by atoms with Crippen molar-refractivity contribution in [2.45, 2.75) is 6.54 Å². The van der Waals surface area contributed by atoms with Gasteiger partial charge < -0.3 is 9.47 Å². The van der Waals surface area contributed by atoms with Crippen molar-refractivity contribution in [1.82, 2.24) is 14.4 Å². The van der Waals surface area contributed by atoms with Gasteiger partial charge in [0.15, 0.2) is 5.78 Å². The Labute approximate surface area is 133 Å². The van der Waals surface area contributed by atoms with Crippen LogP contribution in [0.2, 0.25) is 0 Å². The Morgan fingerprint density at radius 2 is 1.73 bits per heavy atom. The summed E-state index contributed by atoms with van der Waals surface area (Å²) in [5.41, 5.74) is 0. The highest BCUT2D eigenvalue weighted by molar-refractivity contribution is 7.12. The SMILES string of the molecule is O=C(CN1CCN(C(=O)Cn2cccc2)CC1)c1cccs1. The molecule has 0 saturated carbocycles. The number of rotatable bonds is 5. The maximum absolute atomic E-state index is 12.2. The van der Waals surface area contributed by atoms with Crippen molar-refractivity contribution in [2.75, 3.05) is 32.7 Å². The number of ketones is 1. The van der Waals surface area contributed by atoms with Gasteiger partial charge in [0.1, 0.15) is 6.54 Å². The lowest BCUT2D eigenvalue weighted by Gasteiger charge is -2.34. The molecule has 0 spiro atoms. The first-order valence-corrected chi connectivity index (χ1v) is 8.28. The second kappa shape index (κ2) is 6.89. The lowest BCUT2D eigenvalue weighted by atomic mass is 10.2. The van der Waals surface area contributed by atoms with E-state index < -0.39 is 0 Å². The highest BCUT2D eigenvalue weighted by atomic mass is 32.1. The lowest BCUT2D eigenvalue weighted by Crippen LogP contribution is -2.50. The molecule has 0 aliphatic carbocycles. The van der Waals surface area contributed by atoms with Crippen molar-refractivity contribution in [1.29, 1.82) is 0 Å². The number of carbonyl (C=O) groups is 2. The standard InChI is InChI=1S/C16H19N3O2S/c20-14(15-4-3-11-22-15)12-18-7-9-19(10-8-18)16(21)13-17-5-1-2-6-17/h1-6,11H,7-10,12-13H2. The van der Waals surface area contributed by atoms with Crippen LogP contribution in [-0.4, -0.2) is 58.8 Å². The topological polar surface area (TPSA) is 45.6 Å². The number of carbonyl (C=O) groups excluding carboxylic acids is 2. The number of Topliss-reactive ketones (excluding diaryl/α,β-unsaturated/α-hetero) is 1. The molecular weight excluding hydrogens is 298 g/mol. The molecule has 1 saturated heterocycles. The summed E-state index contributed by atoms with van der Waals surface area (Å²) in [4.78, 5) is 29.1. The minimum Gasteiger partial charge on any atom is -0.345 e. The third-order valence-electron chi connectivity index (χ3n) is 3.87. The van der Waals surface area contributed by atoms with Crippen LogP contribution in [0.15, 0.2) is 42.0 Å². The number of thiophene rings is 1. The molecule has 22 heavy (non-hydrogen) atoms. The molecule has 3 heterocycles. The molecule has 1 amide bonds. The average molecular weight is 317 g/mol. The second-order valence-electron chi connectivity index (χ2n) is 5.41. The van der Waals surface area contributed by atoms with E-state index in [2.05, 4.69) is 4.90 Å². The predicted molar refractivity (Wildman–Crippen MR) is 86.1 cm³/mol. The molecule has 116 valence electrons. The van der Waals surface area contributed by atoms with Gasteiger partial charge in [-0.05, 0) is 23.6 Å². The van der Waals surface area contributed by atoms with Crippen molar-refractivity contribution in [2.24, 2.45) is 0 Å². The molecule has 6 heteroatoms. The van der Waals surface area contributed by atoms with E-state index in [-0.39, 0.29) is 11.7 Å². The quantitative estimate of drug-likeness (QED) is 0.787. The Bertz CT molecular complexity index is 614. The zero-order chi connectivity index (χ0) is 15.4. The van der Waals surface area contributed by atoms with Crippen LogP contribution < -0.4 is 0 Å². The number of hydrogen-bond donors (Lipinski definition) is 0. The van der Waals surface area contributed by atoms with E-state index in [0.29, 0.717) is 26.2 Å². The number of aromatic nitrogens is 1. The Kier molecular flexibility index (Phi) is 4.70. The maximum Gasteiger partial charge on any atom is 0.242 e. The fraction of sp³-hybridized carbons (Fsp3) is 0.375. The largest absolute Gasteiger partial charge is 0.345 e. The van der Waals surface area contributed by atoms with Crippen molar-refractivity contribution in [3.63, 3.8) is 0 Å². The summed E-state index contributed by atoms with van der Waals surface area (Å²) in [6, 6.07) is 7.60. The fourth-order valence-electron chi connectivity index (χ4n) is 2.61. The predicted octanol–water partition coefficient (Wildman–Crippen LogP) is 1.58. The Morgan fingerprint density at radius 3 is 2.36 bits per heavy atom. The summed E-state index contributed by atoms with van der Waals surface area (Å²) in [6.45, 7) is 3.74. The molecule has 1 fully saturated rings. The highest BCUT2D eigenvalue weighted by Crippen LogP contribution is 2.11. The van der Waals surface area contributed by atoms with Gasteiger partial charge in [0.05, 0.1) is 11.4 Å². The molecule has 0 N–H and O–H groups in total. The normalized spacial score (nSPS) is 15.9. The zero-order valence-electron chi connectivity index (χ0n) is 12.4. The van der Waals surface area contributed by atoms with Crippen molar-refractivity contribution < 1.29 is 9.59 Å². The van der Waals surface area contributed by atoms with E-state index in [1.807, 2.05) is 51.5 Å². The fourth-order valence-corrected chi connectivity index (χ4v) is 3.26. The average Bonchev–Trinajstić information content (AvgIpc) is 3.21. The van der Waals surface area contributed by atoms with E-state index in [1.165, 1.54) is 11.3 Å². The number of piperazine rings is 1. The van der Waals surface area contributed by atoms with Crippen LogP contribution in [0, 0.1) is 0 Å². The van der Waals surface area contributed by atoms with Gasteiger partial charge in [-0.15, -0.1) is 11.3 Å². The van der Waals surface area contributed by atoms with Gasteiger partial charge >= 0.3 is 0 Å². The Hall–Kier alpha value is -1.92. The van der Waals surface area contributed by atoms with E-state index >= 15 is 0 Å². The van der Waals surface area contributed by atoms with Crippen LogP contribution in [0.4, 0.5) is 0 Å². The minimum atomic E-state index is 0.139. The summed E-state index contributed by atoms with van der Waals surface area (Å²) in [5.74, 6) is 0.308. The molecule has 1 aliphatic rings. The van der Waals surface area contributed by atoms with Crippen LogP contribution in [-0.2, 0) is 11.3 Å². The van der Waals surface area contributed by atoms with E-state index in [0.717, 1.165) is 18.0 Å². The molecular formula is C16H19N3O2S. The van der Waals surface area contributed by atoms with Gasteiger partial charge in [0, 0.05) is 38.6 Å². The molecule has 0 aromatic carbocycles. The van der Waals surface area contributed by atoms with Crippen LogP contribution in [0.25, 0.3) is 0 Å². The van der Waals surface area contributed by atoms with Crippen molar-refractivity contribution >= 4 is 23.0 Å². The van der Waals surface area contributed by atoms with E-state index in [1.54, 1.807) is 0 Å². The summed E-state index contributed by atoms with van der Waals surface area (Å²) < 4.78 is 1.88. The van der Waals surface area contributed by atoms with Gasteiger partial charge in [-0.3, -0.25) is 14.5 Å². The first-order valence-electron chi connectivity index (χ1n) is 7.40. The van der Waals surface area contributed by atoms with E-state index in [9.17, 15) is 9.59 Å². The van der Waals surface area contributed by atoms with Crippen LogP contribution >= 0.6 is 11.3 Å². The number of nitrogens with zero attached hydrogens (tertiary/aromatic N) is 3. The molecule has 0 bridgehead atoms. The highest BCUT2D eigenvalue weighted by Gasteiger charge is 2.22. The molecule has 3 rings (SSSR count). The summed E-state index contributed by atoms with van der Waals surface area (Å²) in [6.07, 6.45) is 3.79. The molecule has 5 nitrogen and oxygen atoms in total. The number of amides is 1. The third kappa shape index (κ3) is 3.64. The van der Waals surface area contributed by atoms with E-state index in [4.69, 9.17) is 0 Å². The molecule has 1 aliphatic heterocycles. The first-order chi connectivity index (χ1) is 10.7. The van der Waals surface area contributed by atoms with Crippen LogP contribution in [0.3, 0.4) is 0 Å². The lowest BCUT2D eigenvalue weighted by molar-refractivity contribution is -0.133. The van der Waals surface area contributed by atoms with Gasteiger partial charge in [-0.25, -0.2) is 0 Å². The first kappa shape index (κ1) is 15.0. The monoisotopic (exact) mass is 317 g/mol. The van der Waals surface area contributed by atoms with Crippen molar-refractivity contribution in [3.8, 4) is 0 Å². The molecule has 2 aromatic heterocycles. The molecule has 0 unspecified atom stereocenters. The third-order valence-corrected chi connectivity index (χ3v) is 4.78. The zero-order valence-corrected chi connectivity index (χ0v) is 13.2. The van der Waals surface area contributed by atoms with Gasteiger partial charge in [-0.1, -0.05) is 6.07 Å². The molecule has 2 aromatic rings. The van der Waals surface area contributed by atoms with Crippen LogP contribution in [0.1, 0.15) is 9.67 Å². The summed E-state index contributed by atoms with van der Waals surface area (Å²) >= 11 is 1.48. The Balaban J connectivity index is 1.46.